The Kier molecular flexibility index (Phi) is 39.3. The number of esters is 7. The van der Waals surface area contributed by atoms with E-state index in [1.54, 1.807) is 20.8 Å². The number of hydrogen-bond acceptors (Lipinski definition) is 35. The Labute approximate surface area is 525 Å². The zero-order valence-electron chi connectivity index (χ0n) is 48.1. The summed E-state index contributed by atoms with van der Waals surface area (Å²) in [6, 6.07) is 0. The predicted molar refractivity (Wildman–Crippen MR) is 275 cm³/mol. The third-order valence-corrected chi connectivity index (χ3v) is 9.83. The Morgan fingerprint density at radius 1 is 0.467 bits per heavy atom. The van der Waals surface area contributed by atoms with Gasteiger partial charge in [-0.15, -0.1) is 41.5 Å². The summed E-state index contributed by atoms with van der Waals surface area (Å²) < 4.78 is 151. The van der Waals surface area contributed by atoms with Crippen molar-refractivity contribution in [2.45, 2.75) is 101 Å². The minimum absolute atomic E-state index is 0.0105. The molecule has 7 fully saturated rings. The molecule has 0 aromatic carbocycles. The molecule has 9 unspecified atom stereocenters. The van der Waals surface area contributed by atoms with Gasteiger partial charge in [-0.25, -0.2) is 71.5 Å². The Hall–Kier alpha value is -9.47. The van der Waals surface area contributed by atoms with Crippen molar-refractivity contribution >= 4 is 108 Å². The van der Waals surface area contributed by atoms with Crippen molar-refractivity contribution in [3.05, 3.63) is 0 Å². The van der Waals surface area contributed by atoms with Crippen molar-refractivity contribution in [2.75, 3.05) is 104 Å². The van der Waals surface area contributed by atoms with Crippen LogP contribution in [-0.2, 0) is 133 Å². The second-order valence-electron chi connectivity index (χ2n) is 16.7. The Balaban J connectivity index is 0.000000537. The average molecular weight is 1380 g/mol. The predicted octanol–water partition coefficient (Wildman–Crippen LogP) is 3.04. The smallest absolute Gasteiger partial charge is 0.463 e. The quantitative estimate of drug-likeness (QED) is 0.0398. The number of terminal acetylenes is 1. The fourth-order valence-electron chi connectivity index (χ4n) is 5.42. The molecule has 92 heavy (non-hydrogen) atoms. The van der Waals surface area contributed by atoms with Crippen LogP contribution >= 0.6 is 23.2 Å². The molecule has 516 valence electrons. The summed E-state index contributed by atoms with van der Waals surface area (Å²) in [7, 11) is 0. The van der Waals surface area contributed by atoms with E-state index < -0.39 is 166 Å². The van der Waals surface area contributed by atoms with E-state index in [0.29, 0.717) is 18.7 Å². The van der Waals surface area contributed by atoms with E-state index >= 15 is 0 Å². The van der Waals surface area contributed by atoms with Gasteiger partial charge in [0.1, 0.15) is 72.2 Å². The Bertz CT molecular complexity index is 2500. The first-order chi connectivity index (χ1) is 43.6. The van der Waals surface area contributed by atoms with E-state index in [1.165, 1.54) is 0 Å². The fraction of sp³-hybridized carbons (Fsp3) is 0.640. The molecule has 7 rings (SSSR count). The summed E-state index contributed by atoms with van der Waals surface area (Å²) in [4.78, 5) is 150. The van der Waals surface area contributed by atoms with E-state index in [9.17, 15) is 89.1 Å². The molecule has 35 nitrogen and oxygen atoms in total. The average Bonchev–Trinajstić information content (AvgIpc) is 3.76. The molecule has 0 N–H and O–H groups in total. The lowest BCUT2D eigenvalue weighted by molar-refractivity contribution is -0.190. The molecule has 7 aliphatic rings. The molecule has 7 aliphatic heterocycles. The number of hydrogen-bond donors (Lipinski definition) is 0. The molecule has 0 bridgehead atoms. The highest BCUT2D eigenvalue weighted by Gasteiger charge is 2.39. The van der Waals surface area contributed by atoms with Crippen LogP contribution < -0.4 is 0 Å². The number of rotatable bonds is 21. The van der Waals surface area contributed by atoms with Crippen LogP contribution in [0.1, 0.15) is 40.0 Å². The minimum Gasteiger partial charge on any atom is -0.463 e. The van der Waals surface area contributed by atoms with Crippen molar-refractivity contribution in [1.82, 2.24) is 0 Å². The van der Waals surface area contributed by atoms with Crippen molar-refractivity contribution in [3.63, 3.8) is 0 Å². The molecule has 0 spiro atoms. The largest absolute Gasteiger partial charge is 0.509 e. The standard InChI is InChI=1S/2C9H10O5.C7H9ClO5.C7H9FO5.C6H7ClO5.C6H5F3O5.C6H7FO5/c2*1-3-4-6(2)13-8(10)7-5-12-9(11)14-7;2*8-2-1-3-11-6(9)5-4-12-7(10)13-5;7-1-2-10-5(8)4-3-11-6(9)12-4;7-6(8,9)2-13-4(10)3-1-12-5(11)14-3;7-1-2-10-5(8)4-3-11-6(9)12-4/h6-7H,5H2,1-2H3;1,6-7H,4-5H2,2H3;2*5H,1-4H2;4H,1-3H2;3H,1-2H2;4H,1-3H2. The summed E-state index contributed by atoms with van der Waals surface area (Å²) in [5, 5.41) is 0. The van der Waals surface area contributed by atoms with Crippen molar-refractivity contribution < 1.29 is 189 Å². The van der Waals surface area contributed by atoms with Gasteiger partial charge < -0.3 is 99.5 Å². The highest BCUT2D eigenvalue weighted by atomic mass is 35.5. The third kappa shape index (κ3) is 35.7. The number of ether oxygens (including phenoxy) is 21. The fourth-order valence-corrected chi connectivity index (χ4v) is 5.61. The first-order valence-electron chi connectivity index (χ1n) is 25.8. The van der Waals surface area contributed by atoms with Crippen molar-refractivity contribution in [3.8, 4) is 24.2 Å². The van der Waals surface area contributed by atoms with Gasteiger partial charge in [-0.3, -0.25) is 4.39 Å². The highest BCUT2D eigenvalue weighted by Crippen LogP contribution is 2.17. The maximum atomic E-state index is 11.6. The first kappa shape index (κ1) is 80.5. The van der Waals surface area contributed by atoms with Gasteiger partial charge in [0.25, 0.3) is 0 Å². The molecular weight excluding hydrogens is 1330 g/mol. The normalized spacial score (nSPS) is 21.2. The number of alkyl halides is 7. The SMILES string of the molecule is C#CCC(C)OC(=O)C1COC(=O)O1.CC#CC(C)OC(=O)C1COC(=O)O1.O=C1OCC(C(=O)OCC(F)(F)F)O1.O=C1OCC(C(=O)OCCCCl)O1.O=C1OCC(C(=O)OCCCF)O1.O=C1OCC(C(=O)OCCCl)O1.O=C1OCC(C(=O)OCCF)O1. The number of carbonyl (C=O) groups is 14. The lowest BCUT2D eigenvalue weighted by Gasteiger charge is -2.11. The number of carbonyl (C=O) groups excluding carboxylic acids is 14. The van der Waals surface area contributed by atoms with Crippen LogP contribution in [0.25, 0.3) is 0 Å². The summed E-state index contributed by atoms with van der Waals surface area (Å²) >= 11 is 10.6. The summed E-state index contributed by atoms with van der Waals surface area (Å²) in [5.41, 5.74) is 0. The van der Waals surface area contributed by atoms with Crippen molar-refractivity contribution in [1.29, 1.82) is 0 Å². The first-order valence-corrected chi connectivity index (χ1v) is 26.9. The molecule has 9 atom stereocenters. The molecule has 42 heteroatoms. The lowest BCUT2D eigenvalue weighted by Crippen LogP contribution is -2.29. The van der Waals surface area contributed by atoms with Crippen LogP contribution in [0.15, 0.2) is 0 Å². The molecule has 0 radical (unpaired) electrons. The molecule has 0 aliphatic carbocycles. The molecule has 0 aromatic heterocycles. The monoisotopic (exact) mass is 1380 g/mol. The zero-order valence-corrected chi connectivity index (χ0v) is 49.7. The van der Waals surface area contributed by atoms with E-state index in [1.807, 2.05) is 0 Å². The second kappa shape index (κ2) is 44.9. The Morgan fingerprint density at radius 2 is 0.772 bits per heavy atom. The lowest BCUT2D eigenvalue weighted by atomic mass is 10.3. The van der Waals surface area contributed by atoms with Gasteiger partial charge in [-0.05, 0) is 27.2 Å². The zero-order chi connectivity index (χ0) is 69.2. The van der Waals surface area contributed by atoms with E-state index in [2.05, 4.69) is 103 Å². The van der Waals surface area contributed by atoms with E-state index in [0.717, 1.165) is 0 Å². The molecule has 0 amide bonds. The maximum Gasteiger partial charge on any atom is 0.509 e. The molecule has 7 saturated heterocycles. The maximum absolute atomic E-state index is 11.6. The van der Waals surface area contributed by atoms with Gasteiger partial charge in [0, 0.05) is 18.7 Å². The summed E-state index contributed by atoms with van der Waals surface area (Å²) in [5.74, 6) is 3.02. The van der Waals surface area contributed by atoms with E-state index in [-0.39, 0.29) is 84.5 Å². The molecule has 0 saturated carbocycles. The molecule has 7 heterocycles. The third-order valence-electron chi connectivity index (χ3n) is 9.41. The van der Waals surface area contributed by atoms with Gasteiger partial charge >= 0.3 is 91.0 Å². The molecular formula is C50H57Cl2F5O35. The van der Waals surface area contributed by atoms with E-state index in [4.69, 9.17) is 43.8 Å². The minimum atomic E-state index is -4.60. The van der Waals surface area contributed by atoms with Gasteiger partial charge in [-0.1, -0.05) is 5.92 Å². The van der Waals surface area contributed by atoms with Crippen molar-refractivity contribution in [2.24, 2.45) is 0 Å². The van der Waals surface area contributed by atoms with Crippen LogP contribution in [0, 0.1) is 24.2 Å². The van der Waals surface area contributed by atoms with Gasteiger partial charge in [-0.2, -0.15) is 13.2 Å². The van der Waals surface area contributed by atoms with Gasteiger partial charge in [0.05, 0.1) is 25.8 Å². The van der Waals surface area contributed by atoms with Gasteiger partial charge in [0.15, 0.2) is 12.7 Å². The topological polar surface area (TPSA) is 433 Å². The highest BCUT2D eigenvalue weighted by molar-refractivity contribution is 6.18. The number of cyclic esters (lactones) is 14. The van der Waals surface area contributed by atoms with Crippen LogP contribution in [0.4, 0.5) is 55.5 Å². The van der Waals surface area contributed by atoms with Gasteiger partial charge in [0.2, 0.25) is 42.7 Å². The summed E-state index contributed by atoms with van der Waals surface area (Å²) in [6.45, 7) is 0.864. The van der Waals surface area contributed by atoms with Crippen LogP contribution in [0.3, 0.4) is 0 Å². The second-order valence-corrected chi connectivity index (χ2v) is 17.4. The molecule has 0 aromatic rings. The Morgan fingerprint density at radius 3 is 1.04 bits per heavy atom. The van der Waals surface area contributed by atoms with Crippen LogP contribution in [0.5, 0.6) is 0 Å². The number of halogens is 7. The van der Waals surface area contributed by atoms with Crippen LogP contribution in [0.2, 0.25) is 0 Å². The summed E-state index contributed by atoms with van der Waals surface area (Å²) in [6.07, 6.45) is -12.9. The van der Waals surface area contributed by atoms with Crippen LogP contribution in [-0.4, -0.2) is 250 Å².